The number of rotatable bonds is 5. The molecule has 2 aromatic carbocycles. The lowest BCUT2D eigenvalue weighted by Crippen LogP contribution is -2.56. The number of aromatic nitrogens is 1. The Kier molecular flexibility index (Phi) is 10.3. The minimum Gasteiger partial charge on any atom is -0.446 e. The second-order valence-electron chi connectivity index (χ2n) is 10.4. The van der Waals surface area contributed by atoms with Crippen molar-refractivity contribution in [2.24, 2.45) is 5.92 Å². The van der Waals surface area contributed by atoms with Gasteiger partial charge in [-0.15, -0.1) is 0 Å². The van der Waals surface area contributed by atoms with Crippen LogP contribution in [0.1, 0.15) is 71.5 Å². The number of carbonyl (C=O) groups excluding carboxylic acids is 4. The van der Waals surface area contributed by atoms with Crippen molar-refractivity contribution in [1.29, 1.82) is 0 Å². The molecule has 1 aromatic heterocycles. The number of carbonyl (C=O) groups is 4. The van der Waals surface area contributed by atoms with Crippen molar-refractivity contribution in [2.75, 3.05) is 6.54 Å². The molecule has 222 valence electrons. The molecule has 0 saturated heterocycles. The molecule has 2 bridgehead atoms. The Bertz CT molecular complexity index is 1410. The molecule has 42 heavy (non-hydrogen) atoms. The largest absolute Gasteiger partial charge is 0.446 e. The van der Waals surface area contributed by atoms with Crippen molar-refractivity contribution in [2.45, 2.75) is 57.7 Å². The molecular formula is C30H33ClFN5O5. The lowest BCUT2D eigenvalue weighted by atomic mass is 10.00. The van der Waals surface area contributed by atoms with E-state index in [4.69, 9.17) is 16.0 Å². The third kappa shape index (κ3) is 7.73. The van der Waals surface area contributed by atoms with Gasteiger partial charge in [0.05, 0.1) is 10.6 Å². The molecule has 4 N–H and O–H groups in total. The Labute approximate surface area is 247 Å². The van der Waals surface area contributed by atoms with Crippen LogP contribution in [0.5, 0.6) is 0 Å². The molecule has 1 aliphatic rings. The van der Waals surface area contributed by atoms with Gasteiger partial charge >= 0.3 is 0 Å². The van der Waals surface area contributed by atoms with E-state index in [0.29, 0.717) is 19.3 Å². The van der Waals surface area contributed by atoms with Crippen LogP contribution in [-0.2, 0) is 16.0 Å². The van der Waals surface area contributed by atoms with Crippen molar-refractivity contribution in [1.82, 2.24) is 26.3 Å². The Morgan fingerprint density at radius 3 is 2.55 bits per heavy atom. The maximum atomic E-state index is 14.4. The summed E-state index contributed by atoms with van der Waals surface area (Å²) in [6.07, 6.45) is 2.62. The summed E-state index contributed by atoms with van der Waals surface area (Å²) < 4.78 is 20.0. The molecule has 2 heterocycles. The van der Waals surface area contributed by atoms with E-state index in [1.807, 2.05) is 30.3 Å². The third-order valence-electron chi connectivity index (χ3n) is 6.92. The fourth-order valence-corrected chi connectivity index (χ4v) is 4.88. The van der Waals surface area contributed by atoms with Gasteiger partial charge in [0, 0.05) is 13.0 Å². The average Bonchev–Trinajstić information content (AvgIpc) is 3.45. The predicted molar refractivity (Wildman–Crippen MR) is 153 cm³/mol. The molecule has 10 nitrogen and oxygen atoms in total. The minimum absolute atomic E-state index is 0.0741. The first-order chi connectivity index (χ1) is 20.1. The smallest absolute Gasteiger partial charge is 0.273 e. The molecule has 0 radical (unpaired) electrons. The van der Waals surface area contributed by atoms with Gasteiger partial charge in [-0.1, -0.05) is 61.8 Å². The molecule has 12 heteroatoms. The number of amides is 4. The van der Waals surface area contributed by atoms with Crippen molar-refractivity contribution in [3.63, 3.8) is 0 Å². The Balaban J connectivity index is 1.61. The molecule has 0 unspecified atom stereocenters. The van der Waals surface area contributed by atoms with E-state index in [2.05, 4.69) is 26.3 Å². The summed E-state index contributed by atoms with van der Waals surface area (Å²) in [5.41, 5.74) is 0.587. The van der Waals surface area contributed by atoms with Crippen LogP contribution in [0.15, 0.2) is 59.2 Å². The fourth-order valence-electron chi connectivity index (χ4n) is 4.63. The molecule has 0 aliphatic carbocycles. The Hall–Kier alpha value is -4.25. The molecule has 3 aromatic rings. The second-order valence-corrected chi connectivity index (χ2v) is 10.8. The number of oxazole rings is 1. The van der Waals surface area contributed by atoms with E-state index < -0.39 is 47.6 Å². The van der Waals surface area contributed by atoms with Gasteiger partial charge in [0.25, 0.3) is 11.8 Å². The van der Waals surface area contributed by atoms with Crippen LogP contribution in [0.4, 0.5) is 4.39 Å². The van der Waals surface area contributed by atoms with Crippen LogP contribution in [-0.4, -0.2) is 47.2 Å². The van der Waals surface area contributed by atoms with Crippen LogP contribution in [0, 0.1) is 11.7 Å². The van der Waals surface area contributed by atoms with Crippen molar-refractivity contribution >= 4 is 35.2 Å². The number of nitrogens with one attached hydrogen (secondary N) is 4. The molecule has 4 amide bonds. The standard InChI is InChI=1S/C30H33ClFN5O5/c1-17(2)25-29(41)35-22(15-18-9-4-3-5-10-18)30-36-23(16-42-30)26(38)33-14-7-6-13-21(27(39)37-25)34-28(40)24-19(31)11-8-12-20(24)32/h3-5,8-12,16-17,21-22,25H,6-7,13-15H2,1-2H3,(H,33,38)(H,34,40)(H,35,41)(H,37,39)/t21-,22+,25-/m0/s1. The van der Waals surface area contributed by atoms with Gasteiger partial charge in [0.2, 0.25) is 17.7 Å². The fraction of sp³-hybridized carbons (Fsp3) is 0.367. The molecule has 1 aliphatic heterocycles. The number of benzene rings is 2. The van der Waals surface area contributed by atoms with Gasteiger partial charge in [-0.25, -0.2) is 9.37 Å². The molecule has 0 fully saturated rings. The van der Waals surface area contributed by atoms with Crippen LogP contribution in [0.25, 0.3) is 0 Å². The van der Waals surface area contributed by atoms with Crippen LogP contribution >= 0.6 is 11.6 Å². The first kappa shape index (κ1) is 30.7. The van der Waals surface area contributed by atoms with Gasteiger partial charge in [-0.3, -0.25) is 19.2 Å². The number of fused-ring (bicyclic) bond motifs is 2. The molecule has 3 atom stereocenters. The number of nitrogens with zero attached hydrogens (tertiary/aromatic N) is 1. The van der Waals surface area contributed by atoms with Gasteiger partial charge in [-0.2, -0.15) is 0 Å². The molecule has 0 saturated carbocycles. The first-order valence-electron chi connectivity index (χ1n) is 13.8. The van der Waals surface area contributed by atoms with Crippen molar-refractivity contribution in [3.8, 4) is 0 Å². The monoisotopic (exact) mass is 597 g/mol. The number of hydrogen-bond acceptors (Lipinski definition) is 6. The normalized spacial score (nSPS) is 20.4. The van der Waals surface area contributed by atoms with E-state index in [0.717, 1.165) is 11.6 Å². The maximum absolute atomic E-state index is 14.4. The highest BCUT2D eigenvalue weighted by Crippen LogP contribution is 2.21. The second kappa shape index (κ2) is 14.1. The minimum atomic E-state index is -1.10. The molecular weight excluding hydrogens is 565 g/mol. The Morgan fingerprint density at radius 2 is 1.83 bits per heavy atom. The number of hydrogen-bond donors (Lipinski definition) is 4. The van der Waals surface area contributed by atoms with Gasteiger partial charge in [0.15, 0.2) is 5.69 Å². The highest BCUT2D eigenvalue weighted by Gasteiger charge is 2.32. The Morgan fingerprint density at radius 1 is 1.07 bits per heavy atom. The van der Waals surface area contributed by atoms with Gasteiger partial charge in [-0.05, 0) is 42.9 Å². The summed E-state index contributed by atoms with van der Waals surface area (Å²) in [6.45, 7) is 3.83. The summed E-state index contributed by atoms with van der Waals surface area (Å²) in [4.78, 5) is 57.1. The SMILES string of the molecule is CC(C)[C@@H]1NC(=O)[C@@H](NC(=O)c2c(F)cccc2Cl)CCCCNC(=O)c2coc(n2)[C@@H](Cc2ccccc2)NC1=O. The lowest BCUT2D eigenvalue weighted by molar-refractivity contribution is -0.131. The van der Waals surface area contributed by atoms with Crippen LogP contribution in [0.3, 0.4) is 0 Å². The summed E-state index contributed by atoms with van der Waals surface area (Å²) in [6, 6.07) is 10.4. The zero-order chi connectivity index (χ0) is 30.2. The summed E-state index contributed by atoms with van der Waals surface area (Å²) in [5, 5.41) is 10.9. The van der Waals surface area contributed by atoms with E-state index in [9.17, 15) is 23.6 Å². The van der Waals surface area contributed by atoms with E-state index in [1.165, 1.54) is 18.4 Å². The predicted octanol–water partition coefficient (Wildman–Crippen LogP) is 3.72. The molecule has 4 rings (SSSR count). The summed E-state index contributed by atoms with van der Waals surface area (Å²) in [5.74, 6) is -3.43. The maximum Gasteiger partial charge on any atom is 0.273 e. The van der Waals surface area contributed by atoms with Gasteiger partial charge < -0.3 is 25.7 Å². The zero-order valence-electron chi connectivity index (χ0n) is 23.3. The van der Waals surface area contributed by atoms with Crippen LogP contribution in [0.2, 0.25) is 5.02 Å². The van der Waals surface area contributed by atoms with Crippen molar-refractivity contribution < 1.29 is 28.0 Å². The van der Waals surface area contributed by atoms with E-state index in [-0.39, 0.29) is 41.1 Å². The highest BCUT2D eigenvalue weighted by molar-refractivity contribution is 6.33. The number of halogens is 2. The lowest BCUT2D eigenvalue weighted by Gasteiger charge is -2.27. The highest BCUT2D eigenvalue weighted by atomic mass is 35.5. The zero-order valence-corrected chi connectivity index (χ0v) is 24.0. The van der Waals surface area contributed by atoms with Crippen LogP contribution < -0.4 is 21.3 Å². The van der Waals surface area contributed by atoms with Crippen molar-refractivity contribution in [3.05, 3.63) is 88.3 Å². The molecule has 0 spiro atoms. The average molecular weight is 598 g/mol. The van der Waals surface area contributed by atoms with E-state index >= 15 is 0 Å². The topological polar surface area (TPSA) is 142 Å². The first-order valence-corrected chi connectivity index (χ1v) is 14.1. The quantitative estimate of drug-likeness (QED) is 0.353. The van der Waals surface area contributed by atoms with Gasteiger partial charge in [0.1, 0.15) is 30.2 Å². The summed E-state index contributed by atoms with van der Waals surface area (Å²) in [7, 11) is 0. The summed E-state index contributed by atoms with van der Waals surface area (Å²) >= 11 is 6.07. The third-order valence-corrected chi connectivity index (χ3v) is 7.23. The van der Waals surface area contributed by atoms with E-state index in [1.54, 1.807) is 13.8 Å².